The van der Waals surface area contributed by atoms with E-state index < -0.39 is 6.10 Å². The van der Waals surface area contributed by atoms with Gasteiger partial charge in [-0.2, -0.15) is 0 Å². The Balaban J connectivity index is 1.62. The lowest BCUT2D eigenvalue weighted by molar-refractivity contribution is -0.130. The third-order valence-electron chi connectivity index (χ3n) is 3.81. The van der Waals surface area contributed by atoms with Gasteiger partial charge in [0, 0.05) is 5.02 Å². The van der Waals surface area contributed by atoms with Crippen LogP contribution in [0.4, 0.5) is 5.69 Å². The van der Waals surface area contributed by atoms with Crippen LogP contribution >= 0.6 is 11.6 Å². The molecule has 0 aromatic heterocycles. The predicted octanol–water partition coefficient (Wildman–Crippen LogP) is 3.31. The number of rotatable bonds is 4. The van der Waals surface area contributed by atoms with Crippen molar-refractivity contribution >= 4 is 29.1 Å². The van der Waals surface area contributed by atoms with Gasteiger partial charge in [0.25, 0.3) is 5.91 Å². The number of hydrogen-bond donors (Lipinski definition) is 2. The molecule has 6 heteroatoms. The highest BCUT2D eigenvalue weighted by molar-refractivity contribution is 6.31. The zero-order valence-corrected chi connectivity index (χ0v) is 13.8. The van der Waals surface area contributed by atoms with E-state index in [1.807, 2.05) is 37.3 Å². The molecule has 0 saturated heterocycles. The molecule has 2 aromatic carbocycles. The van der Waals surface area contributed by atoms with Gasteiger partial charge in [-0.15, -0.1) is 0 Å². The molecule has 2 N–H and O–H groups in total. The molecule has 0 aliphatic carbocycles. The van der Waals surface area contributed by atoms with Crippen molar-refractivity contribution < 1.29 is 14.3 Å². The van der Waals surface area contributed by atoms with Crippen molar-refractivity contribution in [3.05, 3.63) is 59.1 Å². The largest absolute Gasteiger partial charge is 0.478 e. The zero-order valence-electron chi connectivity index (χ0n) is 13.1. The maximum atomic E-state index is 12.2. The molecule has 3 rings (SSSR count). The van der Waals surface area contributed by atoms with Gasteiger partial charge in [0.15, 0.2) is 6.10 Å². The Kier molecular flexibility index (Phi) is 4.71. The van der Waals surface area contributed by atoms with E-state index >= 15 is 0 Å². The summed E-state index contributed by atoms with van der Waals surface area (Å²) in [7, 11) is 0. The predicted molar refractivity (Wildman–Crippen MR) is 92.1 cm³/mol. The van der Waals surface area contributed by atoms with E-state index in [-0.39, 0.29) is 24.3 Å². The van der Waals surface area contributed by atoms with Gasteiger partial charge in [-0.3, -0.25) is 9.59 Å². The van der Waals surface area contributed by atoms with E-state index in [0.717, 1.165) is 5.56 Å². The van der Waals surface area contributed by atoms with Crippen molar-refractivity contribution in [3.63, 3.8) is 0 Å². The summed E-state index contributed by atoms with van der Waals surface area (Å²) in [6, 6.07) is 14.4. The quantitative estimate of drug-likeness (QED) is 0.894. The lowest BCUT2D eigenvalue weighted by Crippen LogP contribution is -2.41. The van der Waals surface area contributed by atoms with E-state index in [4.69, 9.17) is 16.3 Å². The van der Waals surface area contributed by atoms with Crippen molar-refractivity contribution in [1.29, 1.82) is 0 Å². The molecule has 124 valence electrons. The Hall–Kier alpha value is -2.53. The molecule has 1 aliphatic rings. The highest BCUT2D eigenvalue weighted by Crippen LogP contribution is 2.32. The molecular weight excluding hydrogens is 328 g/mol. The maximum Gasteiger partial charge on any atom is 0.266 e. The first-order chi connectivity index (χ1) is 11.5. The third kappa shape index (κ3) is 3.68. The number of hydrogen-bond acceptors (Lipinski definition) is 3. The summed E-state index contributed by atoms with van der Waals surface area (Å²) >= 11 is 5.89. The first-order valence-electron chi connectivity index (χ1n) is 7.64. The Morgan fingerprint density at radius 1 is 1.29 bits per heavy atom. The van der Waals surface area contributed by atoms with Gasteiger partial charge in [0.05, 0.1) is 18.2 Å². The van der Waals surface area contributed by atoms with Crippen molar-refractivity contribution in [2.45, 2.75) is 25.5 Å². The second kappa shape index (κ2) is 6.93. The Bertz CT molecular complexity index is 764. The summed E-state index contributed by atoms with van der Waals surface area (Å²) in [4.78, 5) is 24.3. The molecule has 0 spiro atoms. The second-order valence-corrected chi connectivity index (χ2v) is 6.08. The number of carbonyl (C=O) groups is 2. The molecule has 1 heterocycles. The van der Waals surface area contributed by atoms with Gasteiger partial charge in [0.2, 0.25) is 5.91 Å². The lowest BCUT2D eigenvalue weighted by atomic mass is 10.1. The maximum absolute atomic E-state index is 12.2. The summed E-state index contributed by atoms with van der Waals surface area (Å²) in [5.41, 5.74) is 1.52. The fourth-order valence-electron chi connectivity index (χ4n) is 2.55. The summed E-state index contributed by atoms with van der Waals surface area (Å²) < 4.78 is 5.63. The molecule has 0 bridgehead atoms. The summed E-state index contributed by atoms with van der Waals surface area (Å²) in [6.07, 6.45) is -0.910. The van der Waals surface area contributed by atoms with Crippen LogP contribution in [-0.4, -0.2) is 17.9 Å². The fraction of sp³-hybridized carbons (Fsp3) is 0.222. The molecule has 0 fully saturated rings. The van der Waals surface area contributed by atoms with Gasteiger partial charge in [0.1, 0.15) is 5.75 Å². The number of halogens is 1. The fourth-order valence-corrected chi connectivity index (χ4v) is 2.72. The smallest absolute Gasteiger partial charge is 0.266 e. The van der Waals surface area contributed by atoms with E-state index in [2.05, 4.69) is 10.6 Å². The van der Waals surface area contributed by atoms with Crippen LogP contribution in [0.25, 0.3) is 0 Å². The Morgan fingerprint density at radius 3 is 2.79 bits per heavy atom. The average Bonchev–Trinajstić information content (AvgIpc) is 2.56. The minimum Gasteiger partial charge on any atom is -0.478 e. The number of amides is 2. The SMILES string of the molecule is C[C@@H](NC(=O)C[C@H]1Oc2ccc(Cl)cc2NC1=O)c1ccccc1. The van der Waals surface area contributed by atoms with Gasteiger partial charge < -0.3 is 15.4 Å². The van der Waals surface area contributed by atoms with Crippen molar-refractivity contribution in [3.8, 4) is 5.75 Å². The van der Waals surface area contributed by atoms with E-state index in [9.17, 15) is 9.59 Å². The van der Waals surface area contributed by atoms with Crippen molar-refractivity contribution in [2.24, 2.45) is 0 Å². The van der Waals surface area contributed by atoms with Crippen LogP contribution in [0.2, 0.25) is 5.02 Å². The first kappa shape index (κ1) is 16.3. The first-order valence-corrected chi connectivity index (χ1v) is 8.02. The molecule has 2 aromatic rings. The molecule has 5 nitrogen and oxygen atoms in total. The van der Waals surface area contributed by atoms with Crippen LogP contribution in [-0.2, 0) is 9.59 Å². The Morgan fingerprint density at radius 2 is 2.04 bits per heavy atom. The zero-order chi connectivity index (χ0) is 17.1. The van der Waals surface area contributed by atoms with Crippen LogP contribution in [0, 0.1) is 0 Å². The molecular formula is C18H17ClN2O3. The number of anilines is 1. The van der Waals surface area contributed by atoms with Crippen LogP contribution < -0.4 is 15.4 Å². The normalized spacial score (nSPS) is 17.2. The minimum absolute atomic E-state index is 0.0505. The number of carbonyl (C=O) groups excluding carboxylic acids is 2. The molecule has 2 amide bonds. The molecule has 1 aliphatic heterocycles. The van der Waals surface area contributed by atoms with Crippen molar-refractivity contribution in [1.82, 2.24) is 5.32 Å². The number of fused-ring (bicyclic) bond motifs is 1. The molecule has 0 radical (unpaired) electrons. The highest BCUT2D eigenvalue weighted by atomic mass is 35.5. The molecule has 2 atom stereocenters. The average molecular weight is 345 g/mol. The topological polar surface area (TPSA) is 67.4 Å². The van der Waals surface area contributed by atoms with E-state index in [1.165, 1.54) is 0 Å². The van der Waals surface area contributed by atoms with E-state index in [1.54, 1.807) is 18.2 Å². The van der Waals surface area contributed by atoms with Crippen molar-refractivity contribution in [2.75, 3.05) is 5.32 Å². The summed E-state index contributed by atoms with van der Waals surface area (Å²) in [5, 5.41) is 6.09. The van der Waals surface area contributed by atoms with Gasteiger partial charge >= 0.3 is 0 Å². The molecule has 24 heavy (non-hydrogen) atoms. The second-order valence-electron chi connectivity index (χ2n) is 5.64. The Labute approximate surface area is 145 Å². The molecule has 0 saturated carbocycles. The third-order valence-corrected chi connectivity index (χ3v) is 4.04. The summed E-state index contributed by atoms with van der Waals surface area (Å²) in [6.45, 7) is 1.90. The summed E-state index contributed by atoms with van der Waals surface area (Å²) in [5.74, 6) is -0.0934. The highest BCUT2D eigenvalue weighted by Gasteiger charge is 2.30. The number of nitrogens with one attached hydrogen (secondary N) is 2. The van der Waals surface area contributed by atoms with Crippen LogP contribution in [0.3, 0.4) is 0 Å². The molecule has 0 unspecified atom stereocenters. The van der Waals surface area contributed by atoms with E-state index in [0.29, 0.717) is 16.5 Å². The van der Waals surface area contributed by atoms with Gasteiger partial charge in [-0.25, -0.2) is 0 Å². The minimum atomic E-state index is -0.860. The number of ether oxygens (including phenoxy) is 1. The van der Waals surface area contributed by atoms with Crippen LogP contribution in [0.1, 0.15) is 24.9 Å². The van der Waals surface area contributed by atoms with Gasteiger partial charge in [-0.1, -0.05) is 41.9 Å². The standard InChI is InChI=1S/C18H17ClN2O3/c1-11(12-5-3-2-4-6-12)20-17(22)10-16-18(23)21-14-9-13(19)7-8-15(14)24-16/h2-9,11,16H,10H2,1H3,(H,20,22)(H,21,23)/t11-,16-/m1/s1. The van der Waals surface area contributed by atoms with Gasteiger partial charge in [-0.05, 0) is 30.7 Å². The monoisotopic (exact) mass is 344 g/mol. The van der Waals surface area contributed by atoms with Crippen LogP contribution in [0.5, 0.6) is 5.75 Å². The van der Waals surface area contributed by atoms with Crippen LogP contribution in [0.15, 0.2) is 48.5 Å². The lowest BCUT2D eigenvalue weighted by Gasteiger charge is -2.26. The number of benzene rings is 2.